The van der Waals surface area contributed by atoms with E-state index >= 15 is 0 Å². The van der Waals surface area contributed by atoms with Crippen molar-refractivity contribution in [3.05, 3.63) is 59.1 Å². The van der Waals surface area contributed by atoms with Crippen LogP contribution in [0, 0.1) is 0 Å². The van der Waals surface area contributed by atoms with Gasteiger partial charge in [0.05, 0.1) is 23.8 Å². The summed E-state index contributed by atoms with van der Waals surface area (Å²) >= 11 is 3.39. The van der Waals surface area contributed by atoms with E-state index in [2.05, 4.69) is 56.1 Å². The van der Waals surface area contributed by atoms with E-state index in [4.69, 9.17) is 9.47 Å². The summed E-state index contributed by atoms with van der Waals surface area (Å²) in [6.07, 6.45) is 6.09. The number of carbonyl (C=O) groups is 1. The number of hydrogen-bond donors (Lipinski definition) is 1. The number of nitrogens with zero attached hydrogens (tertiary/aromatic N) is 5. The lowest BCUT2D eigenvalue weighted by Gasteiger charge is -2.17. The predicted octanol–water partition coefficient (Wildman–Crippen LogP) is 5.52. The van der Waals surface area contributed by atoms with E-state index in [9.17, 15) is 13.6 Å². The summed E-state index contributed by atoms with van der Waals surface area (Å²) in [4.78, 5) is 17.4. The molecule has 0 aliphatic carbocycles. The Kier molecular flexibility index (Phi) is 7.81. The monoisotopic (exact) mass is 578 g/mol. The van der Waals surface area contributed by atoms with Gasteiger partial charge in [0.15, 0.2) is 5.65 Å². The summed E-state index contributed by atoms with van der Waals surface area (Å²) < 4.78 is 40.6. The molecule has 36 heavy (non-hydrogen) atoms. The second-order valence-corrected chi connectivity index (χ2v) is 15.7. The average molecular weight is 579 g/mol. The Morgan fingerprint density at radius 3 is 2.78 bits per heavy atom. The number of anilines is 1. The van der Waals surface area contributed by atoms with Gasteiger partial charge < -0.3 is 14.8 Å². The SMILES string of the molecule is C[Si](C)(C)CCOCn1ncc(NC(=O)c2cnn3cccnc23)c1-c1cc(Br)ccc1OC(F)F. The molecule has 4 rings (SSSR count). The lowest BCUT2D eigenvalue weighted by atomic mass is 10.1. The lowest BCUT2D eigenvalue weighted by molar-refractivity contribution is -0.0495. The fraction of sp³-hybridized carbons (Fsp3) is 0.304. The first-order valence-corrected chi connectivity index (χ1v) is 15.6. The maximum Gasteiger partial charge on any atom is 0.387 e. The summed E-state index contributed by atoms with van der Waals surface area (Å²) in [5.41, 5.74) is 1.59. The normalized spacial score (nSPS) is 11.9. The first-order valence-electron chi connectivity index (χ1n) is 11.1. The van der Waals surface area contributed by atoms with E-state index in [0.29, 0.717) is 33.7 Å². The number of rotatable bonds is 10. The molecule has 0 spiro atoms. The van der Waals surface area contributed by atoms with Crippen molar-refractivity contribution in [2.24, 2.45) is 0 Å². The van der Waals surface area contributed by atoms with Crippen LogP contribution < -0.4 is 10.1 Å². The quantitative estimate of drug-likeness (QED) is 0.196. The largest absolute Gasteiger partial charge is 0.434 e. The Balaban J connectivity index is 1.70. The number of amides is 1. The molecule has 0 saturated heterocycles. The van der Waals surface area contributed by atoms with Crippen LogP contribution in [-0.4, -0.2) is 51.6 Å². The molecule has 0 fully saturated rings. The highest BCUT2D eigenvalue weighted by atomic mass is 79.9. The molecule has 3 aromatic heterocycles. The van der Waals surface area contributed by atoms with Crippen LogP contribution in [0.3, 0.4) is 0 Å². The molecule has 0 saturated carbocycles. The van der Waals surface area contributed by atoms with Crippen LogP contribution in [0.1, 0.15) is 10.4 Å². The van der Waals surface area contributed by atoms with E-state index in [-0.39, 0.29) is 18.0 Å². The van der Waals surface area contributed by atoms with Crippen LogP contribution in [0.25, 0.3) is 16.9 Å². The van der Waals surface area contributed by atoms with Crippen LogP contribution in [-0.2, 0) is 11.5 Å². The molecule has 13 heteroatoms. The van der Waals surface area contributed by atoms with Gasteiger partial charge in [-0.3, -0.25) is 4.79 Å². The van der Waals surface area contributed by atoms with Crippen LogP contribution in [0.2, 0.25) is 25.7 Å². The van der Waals surface area contributed by atoms with Gasteiger partial charge in [-0.25, -0.2) is 14.2 Å². The zero-order chi connectivity index (χ0) is 25.9. The molecule has 1 aromatic carbocycles. The Morgan fingerprint density at radius 1 is 1.22 bits per heavy atom. The van der Waals surface area contributed by atoms with Crippen molar-refractivity contribution < 1.29 is 23.0 Å². The van der Waals surface area contributed by atoms with Gasteiger partial charge in [0, 0.05) is 37.1 Å². The molecule has 190 valence electrons. The van der Waals surface area contributed by atoms with Gasteiger partial charge >= 0.3 is 6.61 Å². The highest BCUT2D eigenvalue weighted by molar-refractivity contribution is 9.10. The number of halogens is 3. The number of ether oxygens (including phenoxy) is 2. The van der Waals surface area contributed by atoms with Gasteiger partial charge in [-0.15, -0.1) is 0 Å². The molecule has 0 unspecified atom stereocenters. The number of carbonyl (C=O) groups excluding carboxylic acids is 1. The summed E-state index contributed by atoms with van der Waals surface area (Å²) in [5.74, 6) is -0.541. The summed E-state index contributed by atoms with van der Waals surface area (Å²) in [6.45, 7) is 4.30. The standard InChI is InChI=1S/C23H25BrF2N6O3Si/c1-36(2,3)10-9-34-14-32-20(16-11-15(24)5-6-19(16)35-23(25)26)18(13-29-32)30-22(33)17-12-28-31-8-4-7-27-21(17)31/h4-8,11-13,23H,9-10,14H2,1-3H3,(H,30,33). The Labute approximate surface area is 215 Å². The van der Waals surface area contributed by atoms with Crippen molar-refractivity contribution in [1.29, 1.82) is 0 Å². The van der Waals surface area contributed by atoms with Crippen molar-refractivity contribution in [3.8, 4) is 17.0 Å². The zero-order valence-corrected chi connectivity index (χ0v) is 22.5. The van der Waals surface area contributed by atoms with Crippen molar-refractivity contribution in [2.45, 2.75) is 39.0 Å². The van der Waals surface area contributed by atoms with Crippen LogP contribution >= 0.6 is 15.9 Å². The van der Waals surface area contributed by atoms with Gasteiger partial charge in [0.25, 0.3) is 5.91 Å². The number of hydrogen-bond acceptors (Lipinski definition) is 6. The third kappa shape index (κ3) is 6.15. The second-order valence-electron chi connectivity index (χ2n) is 9.17. The zero-order valence-electron chi connectivity index (χ0n) is 19.9. The number of alkyl halides is 2. The second kappa shape index (κ2) is 10.8. The van der Waals surface area contributed by atoms with Crippen molar-refractivity contribution >= 4 is 41.2 Å². The minimum absolute atomic E-state index is 0.0641. The Hall–Kier alpha value is -3.16. The van der Waals surface area contributed by atoms with E-state index < -0.39 is 20.6 Å². The molecule has 0 atom stereocenters. The molecule has 9 nitrogen and oxygen atoms in total. The molecule has 4 aromatic rings. The summed E-state index contributed by atoms with van der Waals surface area (Å²) in [7, 11) is -1.31. The van der Waals surface area contributed by atoms with Crippen LogP contribution in [0.4, 0.5) is 14.5 Å². The summed E-state index contributed by atoms with van der Waals surface area (Å²) in [5, 5.41) is 11.3. The Bertz CT molecular complexity index is 1370. The predicted molar refractivity (Wildman–Crippen MR) is 137 cm³/mol. The first-order chi connectivity index (χ1) is 17.1. The lowest BCUT2D eigenvalue weighted by Crippen LogP contribution is -2.22. The third-order valence-corrected chi connectivity index (χ3v) is 7.43. The fourth-order valence-electron chi connectivity index (χ4n) is 3.45. The van der Waals surface area contributed by atoms with Gasteiger partial charge in [0.1, 0.15) is 18.0 Å². The number of nitrogens with one attached hydrogen (secondary N) is 1. The van der Waals surface area contributed by atoms with Gasteiger partial charge in [-0.1, -0.05) is 35.6 Å². The first kappa shape index (κ1) is 25.9. The van der Waals surface area contributed by atoms with Gasteiger partial charge in [-0.05, 0) is 30.3 Å². The average Bonchev–Trinajstić information content (AvgIpc) is 3.41. The molecule has 0 radical (unpaired) electrons. The van der Waals surface area contributed by atoms with Crippen LogP contribution in [0.5, 0.6) is 5.75 Å². The molecular weight excluding hydrogens is 554 g/mol. The minimum atomic E-state index is -3.03. The molecule has 1 amide bonds. The number of benzene rings is 1. The molecular formula is C23H25BrF2N6O3Si. The summed E-state index contributed by atoms with van der Waals surface area (Å²) in [6, 6.07) is 7.29. The maximum absolute atomic E-state index is 13.2. The number of fused-ring (bicyclic) bond motifs is 1. The fourth-order valence-corrected chi connectivity index (χ4v) is 4.57. The molecule has 3 heterocycles. The Morgan fingerprint density at radius 2 is 2.03 bits per heavy atom. The van der Waals surface area contributed by atoms with Crippen LogP contribution in [0.15, 0.2) is 53.5 Å². The highest BCUT2D eigenvalue weighted by Crippen LogP contribution is 2.38. The molecule has 0 aliphatic heterocycles. The molecule has 1 N–H and O–H groups in total. The number of aromatic nitrogens is 5. The van der Waals surface area contributed by atoms with Crippen molar-refractivity contribution in [2.75, 3.05) is 11.9 Å². The van der Waals surface area contributed by atoms with Crippen molar-refractivity contribution in [3.63, 3.8) is 0 Å². The smallest absolute Gasteiger partial charge is 0.387 e. The van der Waals surface area contributed by atoms with Crippen molar-refractivity contribution in [1.82, 2.24) is 24.4 Å². The topological polar surface area (TPSA) is 95.6 Å². The van der Waals surface area contributed by atoms with E-state index in [1.807, 2.05) is 0 Å². The molecule has 0 bridgehead atoms. The minimum Gasteiger partial charge on any atom is -0.434 e. The molecule has 0 aliphatic rings. The van der Waals surface area contributed by atoms with E-state index in [1.54, 1.807) is 30.6 Å². The van der Waals surface area contributed by atoms with E-state index in [1.165, 1.54) is 27.7 Å². The van der Waals surface area contributed by atoms with Gasteiger partial charge in [0.2, 0.25) is 0 Å². The third-order valence-electron chi connectivity index (χ3n) is 5.23. The maximum atomic E-state index is 13.2. The van der Waals surface area contributed by atoms with E-state index in [0.717, 1.165) is 6.04 Å². The van der Waals surface area contributed by atoms with Gasteiger partial charge in [-0.2, -0.15) is 19.0 Å². The highest BCUT2D eigenvalue weighted by Gasteiger charge is 2.23.